The first-order chi connectivity index (χ1) is 11.6. The fourth-order valence-corrected chi connectivity index (χ4v) is 2.18. The van der Waals surface area contributed by atoms with E-state index in [0.29, 0.717) is 0 Å². The lowest BCUT2D eigenvalue weighted by Crippen LogP contribution is -2.43. The van der Waals surface area contributed by atoms with Crippen molar-refractivity contribution in [3.63, 3.8) is 0 Å². The van der Waals surface area contributed by atoms with Crippen LogP contribution in [0.2, 0.25) is 0 Å². The molecule has 0 aromatic carbocycles. The van der Waals surface area contributed by atoms with Gasteiger partial charge in [0, 0.05) is 0 Å². The van der Waals surface area contributed by atoms with Crippen molar-refractivity contribution < 1.29 is 19.4 Å². The predicted octanol–water partition coefficient (Wildman–Crippen LogP) is 3.63. The molecule has 0 bridgehead atoms. The second kappa shape index (κ2) is 12.0. The maximum atomic E-state index is 11.9. The van der Waals surface area contributed by atoms with E-state index in [4.69, 9.17) is 5.11 Å². The molecule has 6 heteroatoms. The molecule has 0 rings (SSSR count). The van der Waals surface area contributed by atoms with Crippen LogP contribution in [0.15, 0.2) is 34.4 Å². The number of carbonyl (C=O) groups is 2. The summed E-state index contributed by atoms with van der Waals surface area (Å²) in [6, 6.07) is -1.04. The number of aliphatic hydroxyl groups is 1. The van der Waals surface area contributed by atoms with Crippen molar-refractivity contribution in [1.82, 2.24) is 5.32 Å². The summed E-state index contributed by atoms with van der Waals surface area (Å²) in [5.41, 5.74) is 1.11. The predicted molar refractivity (Wildman–Crippen MR) is 104 cm³/mol. The zero-order chi connectivity index (χ0) is 19.5. The molecule has 2 N–H and O–H groups in total. The molecule has 0 aliphatic heterocycles. The second-order valence-electron chi connectivity index (χ2n) is 6.67. The zero-order valence-electron chi connectivity index (χ0n) is 15.8. The van der Waals surface area contributed by atoms with E-state index in [2.05, 4.69) is 45.1 Å². The molecule has 5 nitrogen and oxygen atoms in total. The average Bonchev–Trinajstić information content (AvgIpc) is 2.55. The quantitative estimate of drug-likeness (QED) is 0.324. The van der Waals surface area contributed by atoms with Crippen LogP contribution >= 0.6 is 15.9 Å². The minimum Gasteiger partial charge on any atom is -0.467 e. The van der Waals surface area contributed by atoms with Gasteiger partial charge in [0.2, 0.25) is 5.91 Å². The van der Waals surface area contributed by atoms with Gasteiger partial charge in [-0.3, -0.25) is 4.79 Å². The molecule has 0 aliphatic rings. The first-order valence-corrected chi connectivity index (χ1v) is 9.07. The molecule has 25 heavy (non-hydrogen) atoms. The van der Waals surface area contributed by atoms with Crippen LogP contribution in [0.1, 0.15) is 47.0 Å². The van der Waals surface area contributed by atoms with Gasteiger partial charge in [0.15, 0.2) is 6.04 Å². The van der Waals surface area contributed by atoms with Crippen LogP contribution in [0, 0.1) is 5.41 Å². The summed E-state index contributed by atoms with van der Waals surface area (Å²) in [4.78, 5) is 23.2. The van der Waals surface area contributed by atoms with Crippen molar-refractivity contribution in [2.45, 2.75) is 53.0 Å². The molecule has 0 spiro atoms. The summed E-state index contributed by atoms with van der Waals surface area (Å²) >= 11 is 3.41. The molecule has 1 amide bonds. The van der Waals surface area contributed by atoms with Gasteiger partial charge in [0.05, 0.1) is 13.7 Å². The standard InChI is InChI=1S/C19H30BrNO4/c1-14(7-6-8-15(2)20)9-11-19(3,4)12-10-17(23)21-16(13-22)18(24)25-5/h8-10,12,16,22H,6-7,11,13H2,1-5H3,(H,21,23)/b12-10+,14-9+,15-8+/t16-/m0/s1. The van der Waals surface area contributed by atoms with Gasteiger partial charge in [0.25, 0.3) is 0 Å². The van der Waals surface area contributed by atoms with E-state index < -0.39 is 24.5 Å². The Balaban J connectivity index is 4.58. The van der Waals surface area contributed by atoms with E-state index in [1.807, 2.05) is 20.8 Å². The summed E-state index contributed by atoms with van der Waals surface area (Å²) in [6.45, 7) is 7.69. The lowest BCUT2D eigenvalue weighted by molar-refractivity contribution is -0.145. The number of hydrogen-bond acceptors (Lipinski definition) is 4. The van der Waals surface area contributed by atoms with E-state index in [9.17, 15) is 9.59 Å². The van der Waals surface area contributed by atoms with E-state index >= 15 is 0 Å². The first kappa shape index (κ1) is 23.6. The van der Waals surface area contributed by atoms with E-state index in [-0.39, 0.29) is 5.41 Å². The fraction of sp³-hybridized carbons (Fsp3) is 0.579. The van der Waals surface area contributed by atoms with Crippen LogP contribution in [0.5, 0.6) is 0 Å². The molecule has 142 valence electrons. The lowest BCUT2D eigenvalue weighted by Gasteiger charge is -2.19. The Kier molecular flexibility index (Phi) is 11.4. The molecular formula is C19H30BrNO4. The number of nitrogens with one attached hydrogen (secondary N) is 1. The minimum absolute atomic E-state index is 0.195. The summed E-state index contributed by atoms with van der Waals surface area (Å²) < 4.78 is 5.65. The minimum atomic E-state index is -1.04. The molecule has 0 heterocycles. The lowest BCUT2D eigenvalue weighted by atomic mass is 9.87. The maximum absolute atomic E-state index is 11.9. The number of ether oxygens (including phenoxy) is 1. The zero-order valence-corrected chi connectivity index (χ0v) is 17.4. The average molecular weight is 416 g/mol. The van der Waals surface area contributed by atoms with Gasteiger partial charge in [-0.15, -0.1) is 0 Å². The smallest absolute Gasteiger partial charge is 0.330 e. The number of carbonyl (C=O) groups excluding carboxylic acids is 2. The molecule has 0 aliphatic carbocycles. The third-order valence-electron chi connectivity index (χ3n) is 3.61. The number of methoxy groups -OCH3 is 1. The van der Waals surface area contributed by atoms with Crippen LogP contribution < -0.4 is 5.32 Å². The molecule has 0 aromatic rings. The Hall–Kier alpha value is -1.40. The van der Waals surface area contributed by atoms with Crippen molar-refractivity contribution in [1.29, 1.82) is 0 Å². The molecule has 0 unspecified atom stereocenters. The van der Waals surface area contributed by atoms with Gasteiger partial charge < -0.3 is 15.2 Å². The van der Waals surface area contributed by atoms with Gasteiger partial charge >= 0.3 is 5.97 Å². The number of esters is 1. The number of aliphatic hydroxyl groups excluding tert-OH is 1. The Morgan fingerprint density at radius 2 is 1.92 bits per heavy atom. The number of hydrogen-bond donors (Lipinski definition) is 2. The van der Waals surface area contributed by atoms with Gasteiger partial charge in [-0.2, -0.15) is 0 Å². The van der Waals surface area contributed by atoms with Crippen molar-refractivity contribution in [3.8, 4) is 0 Å². The van der Waals surface area contributed by atoms with Crippen LogP contribution in [0.4, 0.5) is 0 Å². The Bertz CT molecular complexity index is 532. The maximum Gasteiger partial charge on any atom is 0.330 e. The number of allylic oxidation sites excluding steroid dienone is 5. The first-order valence-electron chi connectivity index (χ1n) is 8.27. The number of rotatable bonds is 10. The van der Waals surface area contributed by atoms with E-state index in [0.717, 1.165) is 23.7 Å². The molecule has 0 saturated carbocycles. The highest BCUT2D eigenvalue weighted by Crippen LogP contribution is 2.24. The largest absolute Gasteiger partial charge is 0.467 e. The van der Waals surface area contributed by atoms with E-state index in [1.54, 1.807) is 6.08 Å². The van der Waals surface area contributed by atoms with Crippen LogP contribution in [-0.4, -0.2) is 36.7 Å². The highest BCUT2D eigenvalue weighted by Gasteiger charge is 2.20. The van der Waals surface area contributed by atoms with Crippen LogP contribution in [0.25, 0.3) is 0 Å². The van der Waals surface area contributed by atoms with Crippen molar-refractivity contribution >= 4 is 27.8 Å². The fourth-order valence-electron chi connectivity index (χ4n) is 1.95. The Morgan fingerprint density at radius 1 is 1.28 bits per heavy atom. The summed E-state index contributed by atoms with van der Waals surface area (Å²) in [6.07, 6.45) is 10.3. The van der Waals surface area contributed by atoms with E-state index in [1.165, 1.54) is 18.8 Å². The SMILES string of the molecule is COC(=O)[C@H](CO)NC(=O)/C=C/C(C)(C)C/C=C(\C)CC/C=C(\C)Br. The molecule has 0 radical (unpaired) electrons. The van der Waals surface area contributed by atoms with Crippen molar-refractivity contribution in [3.05, 3.63) is 34.4 Å². The Morgan fingerprint density at radius 3 is 2.44 bits per heavy atom. The summed E-state index contributed by atoms with van der Waals surface area (Å²) in [5, 5.41) is 11.5. The third kappa shape index (κ3) is 11.7. The van der Waals surface area contributed by atoms with Gasteiger partial charge in [-0.1, -0.05) is 53.6 Å². The highest BCUT2D eigenvalue weighted by molar-refractivity contribution is 9.11. The normalized spacial score (nSPS) is 14.5. The van der Waals surface area contributed by atoms with Crippen LogP contribution in [-0.2, 0) is 14.3 Å². The van der Waals surface area contributed by atoms with Crippen molar-refractivity contribution in [2.24, 2.45) is 5.41 Å². The Labute approximate surface area is 159 Å². The molecule has 1 atom stereocenters. The van der Waals surface area contributed by atoms with Gasteiger partial charge in [-0.05, 0) is 49.1 Å². The highest BCUT2D eigenvalue weighted by atomic mass is 79.9. The van der Waals surface area contributed by atoms with Crippen LogP contribution in [0.3, 0.4) is 0 Å². The second-order valence-corrected chi connectivity index (χ2v) is 7.92. The molecule has 0 aromatic heterocycles. The molecule has 0 fully saturated rings. The monoisotopic (exact) mass is 415 g/mol. The summed E-state index contributed by atoms with van der Waals surface area (Å²) in [5.74, 6) is -1.11. The molecule has 0 saturated heterocycles. The van der Waals surface area contributed by atoms with Gasteiger partial charge in [0.1, 0.15) is 0 Å². The summed E-state index contributed by atoms with van der Waals surface area (Å²) in [7, 11) is 1.21. The van der Waals surface area contributed by atoms with Crippen molar-refractivity contribution in [2.75, 3.05) is 13.7 Å². The molecular weight excluding hydrogens is 386 g/mol. The van der Waals surface area contributed by atoms with Gasteiger partial charge in [-0.25, -0.2) is 4.79 Å². The number of amides is 1. The third-order valence-corrected chi connectivity index (χ3v) is 3.94. The number of halogens is 1. The topological polar surface area (TPSA) is 75.6 Å².